The molecule has 6 aromatic rings. The van der Waals surface area contributed by atoms with Crippen molar-refractivity contribution < 1.29 is 4.74 Å². The fourth-order valence-electron chi connectivity index (χ4n) is 10.2. The number of nitriles is 1. The minimum absolute atomic E-state index is 0.185. The van der Waals surface area contributed by atoms with E-state index in [4.69, 9.17) is 14.7 Å². The Morgan fingerprint density at radius 1 is 0.517 bits per heavy atom. The number of hydrogen-bond acceptors (Lipinski definition) is 5. The molecule has 0 aromatic heterocycles. The molecular formula is C53H38N4O. The number of aliphatic imine (C=N–C) groups is 2. The molecule has 4 atom stereocenters. The van der Waals surface area contributed by atoms with Crippen LogP contribution in [0.2, 0.25) is 0 Å². The summed E-state index contributed by atoms with van der Waals surface area (Å²) >= 11 is 0. The van der Waals surface area contributed by atoms with Crippen LogP contribution >= 0.6 is 0 Å². The number of amidine groups is 2. The highest BCUT2D eigenvalue weighted by Crippen LogP contribution is 2.68. The number of nitrogens with zero attached hydrogens (tertiary/aromatic N) is 3. The predicted octanol–water partition coefficient (Wildman–Crippen LogP) is 11.5. The highest BCUT2D eigenvalue weighted by molar-refractivity contribution is 6.15. The second-order valence-electron chi connectivity index (χ2n) is 15.6. The molecule has 11 rings (SSSR count). The van der Waals surface area contributed by atoms with Gasteiger partial charge in [-0.3, -0.25) is 0 Å². The summed E-state index contributed by atoms with van der Waals surface area (Å²) in [5, 5.41) is 13.9. The molecule has 2 heterocycles. The van der Waals surface area contributed by atoms with Gasteiger partial charge in [-0.25, -0.2) is 9.98 Å². The molecule has 1 saturated carbocycles. The van der Waals surface area contributed by atoms with Crippen LogP contribution < -0.4 is 10.1 Å². The first-order chi connectivity index (χ1) is 28.7. The normalized spacial score (nSPS) is 23.4. The number of benzene rings is 6. The van der Waals surface area contributed by atoms with Crippen LogP contribution in [0.3, 0.4) is 0 Å². The van der Waals surface area contributed by atoms with Crippen LogP contribution in [-0.4, -0.2) is 11.7 Å². The van der Waals surface area contributed by atoms with Crippen LogP contribution in [0.25, 0.3) is 22.3 Å². The molecule has 2 aliphatic heterocycles. The number of fused-ring (bicyclic) bond motifs is 9. The molecule has 1 N–H and O–H groups in total. The number of rotatable bonds is 5. The topological polar surface area (TPSA) is 69.8 Å². The zero-order chi connectivity index (χ0) is 38.6. The summed E-state index contributed by atoms with van der Waals surface area (Å²) in [6, 6.07) is 52.9. The van der Waals surface area contributed by atoms with Crippen molar-refractivity contribution in [3.8, 4) is 39.8 Å². The summed E-state index contributed by atoms with van der Waals surface area (Å²) in [4.78, 5) is 10.3. The molecule has 3 aliphatic carbocycles. The third-order valence-corrected chi connectivity index (χ3v) is 12.6. The largest absolute Gasteiger partial charge is 0.455 e. The van der Waals surface area contributed by atoms with Crippen LogP contribution in [0.4, 0.5) is 0 Å². The summed E-state index contributed by atoms with van der Waals surface area (Å²) < 4.78 is 7.03. The average molecular weight is 747 g/mol. The highest BCUT2D eigenvalue weighted by atomic mass is 16.5. The summed E-state index contributed by atoms with van der Waals surface area (Å²) in [6.07, 6.45) is 17.9. The molecule has 276 valence electrons. The van der Waals surface area contributed by atoms with Gasteiger partial charge in [0.1, 0.15) is 29.2 Å². The van der Waals surface area contributed by atoms with E-state index in [0.717, 1.165) is 61.9 Å². The summed E-state index contributed by atoms with van der Waals surface area (Å²) in [6.45, 7) is 0. The lowest BCUT2D eigenvalue weighted by atomic mass is 9.59. The van der Waals surface area contributed by atoms with Crippen molar-refractivity contribution in [2.45, 2.75) is 11.6 Å². The first-order valence-electron chi connectivity index (χ1n) is 20.0. The van der Waals surface area contributed by atoms with Crippen molar-refractivity contribution in [3.63, 3.8) is 0 Å². The van der Waals surface area contributed by atoms with Crippen molar-refractivity contribution in [1.82, 2.24) is 5.32 Å². The fraction of sp³-hybridized carbons (Fsp3) is 0.113. The molecule has 0 radical (unpaired) electrons. The molecule has 5 aliphatic rings. The second-order valence-corrected chi connectivity index (χ2v) is 15.6. The summed E-state index contributed by atoms with van der Waals surface area (Å²) in [5.74, 6) is 4.09. The Hall–Kier alpha value is -7.29. The van der Waals surface area contributed by atoms with E-state index in [1.54, 1.807) is 0 Å². The van der Waals surface area contributed by atoms with Gasteiger partial charge in [-0.2, -0.15) is 5.26 Å². The van der Waals surface area contributed by atoms with Crippen LogP contribution in [0, 0.1) is 35.0 Å². The highest BCUT2D eigenvalue weighted by Gasteiger charge is 2.62. The summed E-state index contributed by atoms with van der Waals surface area (Å²) in [5.41, 5.74) is 9.63. The molecule has 4 unspecified atom stereocenters. The zero-order valence-electron chi connectivity index (χ0n) is 31.6. The van der Waals surface area contributed by atoms with Crippen LogP contribution in [0.5, 0.6) is 11.5 Å². The number of nitrogens with one attached hydrogen (secondary N) is 1. The number of para-hydroxylation sites is 2. The average Bonchev–Trinajstić information content (AvgIpc) is 3.60. The summed E-state index contributed by atoms with van der Waals surface area (Å²) in [7, 11) is 0. The molecule has 6 aromatic carbocycles. The van der Waals surface area contributed by atoms with Gasteiger partial charge in [0, 0.05) is 33.2 Å². The van der Waals surface area contributed by atoms with Gasteiger partial charge in [0.2, 0.25) is 0 Å². The monoisotopic (exact) mass is 746 g/mol. The van der Waals surface area contributed by atoms with Crippen LogP contribution in [0.15, 0.2) is 204 Å². The Labute approximate surface area is 338 Å². The quantitative estimate of drug-likeness (QED) is 0.191. The molecule has 5 nitrogen and oxygen atoms in total. The maximum absolute atomic E-state index is 10.4. The Morgan fingerprint density at radius 3 is 1.71 bits per heavy atom. The molecule has 0 saturated heterocycles. The van der Waals surface area contributed by atoms with Gasteiger partial charge in [-0.05, 0) is 64.1 Å². The Morgan fingerprint density at radius 2 is 1.05 bits per heavy atom. The number of ether oxygens (including phenoxy) is 1. The smallest absolute Gasteiger partial charge is 0.169 e. The van der Waals surface area contributed by atoms with Crippen molar-refractivity contribution in [3.05, 3.63) is 228 Å². The van der Waals surface area contributed by atoms with Crippen molar-refractivity contribution in [1.29, 1.82) is 5.26 Å². The molecule has 58 heavy (non-hydrogen) atoms. The maximum Gasteiger partial charge on any atom is 0.169 e. The molecule has 0 amide bonds. The van der Waals surface area contributed by atoms with Crippen molar-refractivity contribution >= 4 is 11.7 Å². The first-order valence-corrected chi connectivity index (χ1v) is 20.0. The molecule has 1 fully saturated rings. The third kappa shape index (κ3) is 5.29. The zero-order valence-corrected chi connectivity index (χ0v) is 31.6. The molecular weight excluding hydrogens is 709 g/mol. The van der Waals surface area contributed by atoms with Crippen molar-refractivity contribution in [2.75, 3.05) is 0 Å². The molecule has 1 spiro atoms. The van der Waals surface area contributed by atoms with E-state index in [0.29, 0.717) is 23.1 Å². The lowest BCUT2D eigenvalue weighted by molar-refractivity contribution is 0.310. The van der Waals surface area contributed by atoms with E-state index in [9.17, 15) is 5.26 Å². The predicted molar refractivity (Wildman–Crippen MR) is 232 cm³/mol. The molecule has 0 bridgehead atoms. The van der Waals surface area contributed by atoms with Crippen LogP contribution in [-0.2, 0) is 5.41 Å². The van der Waals surface area contributed by atoms with Gasteiger partial charge in [0.25, 0.3) is 0 Å². The van der Waals surface area contributed by atoms with Crippen molar-refractivity contribution in [2.24, 2.45) is 33.7 Å². The van der Waals surface area contributed by atoms with E-state index >= 15 is 0 Å². The Kier molecular flexibility index (Phi) is 8.04. The standard InChI is InChI=1S/C53H38N4O/c54-33-40-23-13-29-46-48(40)58-49-41(26-14-30-47(49)53(46)44-27-9-7-24-42(44)43-25-8-10-28-45(43)53)38-21-11-19-36(31-38)37-20-12-22-39(32-37)52-56-50(34-15-3-1-4-16-34)55-51(57-52)35-17-5-2-6-18-35/h1-32,42-45,52H,(H,55,56,57). The number of hydrogen-bond donors (Lipinski definition) is 1. The van der Waals surface area contributed by atoms with Gasteiger partial charge in [-0.1, -0.05) is 176 Å². The van der Waals surface area contributed by atoms with E-state index in [1.165, 1.54) is 5.56 Å². The first kappa shape index (κ1) is 34.0. The maximum atomic E-state index is 10.4. The Bertz CT molecular complexity index is 2750. The van der Waals surface area contributed by atoms with Gasteiger partial charge in [-0.15, -0.1) is 0 Å². The van der Waals surface area contributed by atoms with E-state index in [-0.39, 0.29) is 11.8 Å². The van der Waals surface area contributed by atoms with Crippen LogP contribution in [0.1, 0.15) is 39.5 Å². The van der Waals surface area contributed by atoms with Gasteiger partial charge in [0.15, 0.2) is 6.17 Å². The second kappa shape index (κ2) is 13.7. The lowest BCUT2D eigenvalue weighted by Gasteiger charge is -2.46. The minimum atomic E-state index is -0.429. The SMILES string of the molecule is N#Cc1cccc2c1Oc1c(-c3cccc(-c4cccc(C5N=C(c6ccccc6)NC(c6ccccc6)=N5)c4)c3)cccc1C21C2C=CC=CC2C2C=CC=CC21. The fourth-order valence-corrected chi connectivity index (χ4v) is 10.2. The van der Waals surface area contributed by atoms with Gasteiger partial charge in [0.05, 0.1) is 5.56 Å². The van der Waals surface area contributed by atoms with Gasteiger partial charge >= 0.3 is 0 Å². The lowest BCUT2D eigenvalue weighted by Crippen LogP contribution is -2.41. The Balaban J connectivity index is 1.02. The molecule has 5 heteroatoms. The van der Waals surface area contributed by atoms with E-state index in [2.05, 4.69) is 157 Å². The van der Waals surface area contributed by atoms with Gasteiger partial charge < -0.3 is 10.1 Å². The van der Waals surface area contributed by atoms with E-state index < -0.39 is 11.6 Å². The van der Waals surface area contributed by atoms with E-state index in [1.807, 2.05) is 48.5 Å². The number of allylic oxidation sites excluding steroid dienone is 8. The third-order valence-electron chi connectivity index (χ3n) is 12.6. The minimum Gasteiger partial charge on any atom is -0.455 e.